The van der Waals surface area contributed by atoms with Crippen molar-refractivity contribution < 1.29 is 9.53 Å². The number of piperidine rings is 1. The first kappa shape index (κ1) is 12.1. The fourth-order valence-electron chi connectivity index (χ4n) is 2.41. The molecule has 1 fully saturated rings. The quantitative estimate of drug-likeness (QED) is 0.825. The molecule has 0 bridgehead atoms. The maximum Gasteiger partial charge on any atom is 0.341 e. The molecule has 100 valence electrons. The van der Waals surface area contributed by atoms with E-state index >= 15 is 0 Å². The number of hydrogen-bond acceptors (Lipinski definition) is 5. The second-order valence-electron chi connectivity index (χ2n) is 4.65. The van der Waals surface area contributed by atoms with Crippen LogP contribution in [0.25, 0.3) is 5.65 Å². The number of fused-ring (bicyclic) bond motifs is 1. The van der Waals surface area contributed by atoms with Gasteiger partial charge in [0.1, 0.15) is 5.56 Å². The Kier molecular flexibility index (Phi) is 3.16. The molecule has 0 spiro atoms. The molecule has 1 N–H and O–H groups in total. The van der Waals surface area contributed by atoms with Gasteiger partial charge in [0, 0.05) is 6.20 Å². The molecule has 6 nitrogen and oxygen atoms in total. The number of rotatable bonds is 2. The lowest BCUT2D eigenvalue weighted by Gasteiger charge is -2.20. The Hall–Kier alpha value is -1.95. The zero-order valence-corrected chi connectivity index (χ0v) is 10.8. The molecule has 0 aliphatic carbocycles. The smallest absolute Gasteiger partial charge is 0.341 e. The highest BCUT2D eigenvalue weighted by atomic mass is 16.5. The monoisotopic (exact) mass is 260 g/mol. The third-order valence-corrected chi connectivity index (χ3v) is 3.41. The first-order valence-electron chi connectivity index (χ1n) is 6.46. The van der Waals surface area contributed by atoms with E-state index in [1.54, 1.807) is 22.8 Å². The van der Waals surface area contributed by atoms with Gasteiger partial charge < -0.3 is 10.1 Å². The highest BCUT2D eigenvalue weighted by molar-refractivity contribution is 5.95. The summed E-state index contributed by atoms with van der Waals surface area (Å²) in [6.45, 7) is 0.990. The number of nitrogens with one attached hydrogen (secondary N) is 1. The van der Waals surface area contributed by atoms with Crippen LogP contribution in [0.1, 0.15) is 41.5 Å². The highest BCUT2D eigenvalue weighted by Gasteiger charge is 2.21. The van der Waals surface area contributed by atoms with E-state index in [4.69, 9.17) is 4.74 Å². The van der Waals surface area contributed by atoms with Crippen LogP contribution in [-0.2, 0) is 4.74 Å². The van der Waals surface area contributed by atoms with E-state index in [1.165, 1.54) is 20.0 Å². The van der Waals surface area contributed by atoms with Crippen molar-refractivity contribution in [1.82, 2.24) is 19.9 Å². The number of methoxy groups -OCH3 is 1. The van der Waals surface area contributed by atoms with Crippen molar-refractivity contribution in [1.29, 1.82) is 0 Å². The third kappa shape index (κ3) is 2.19. The van der Waals surface area contributed by atoms with Gasteiger partial charge in [-0.05, 0) is 31.5 Å². The molecule has 1 unspecified atom stereocenters. The average Bonchev–Trinajstić information content (AvgIpc) is 2.91. The number of nitrogens with zero attached hydrogens (tertiary/aromatic N) is 3. The molecule has 3 rings (SSSR count). The Labute approximate surface area is 110 Å². The summed E-state index contributed by atoms with van der Waals surface area (Å²) in [6.07, 6.45) is 5.19. The van der Waals surface area contributed by atoms with E-state index < -0.39 is 0 Å². The minimum atomic E-state index is -0.388. The molecular formula is C13H16N4O2. The minimum absolute atomic E-state index is 0.180. The minimum Gasteiger partial charge on any atom is -0.465 e. The zero-order chi connectivity index (χ0) is 13.2. The molecule has 6 heteroatoms. The van der Waals surface area contributed by atoms with E-state index in [-0.39, 0.29) is 12.0 Å². The maximum absolute atomic E-state index is 11.7. The van der Waals surface area contributed by atoms with Crippen LogP contribution < -0.4 is 5.32 Å². The van der Waals surface area contributed by atoms with Crippen molar-refractivity contribution >= 4 is 11.6 Å². The van der Waals surface area contributed by atoms with Gasteiger partial charge in [0.25, 0.3) is 0 Å². The van der Waals surface area contributed by atoms with Crippen molar-refractivity contribution in [3.63, 3.8) is 0 Å². The predicted octanol–water partition coefficient (Wildman–Crippen LogP) is 1.33. The Bertz CT molecular complexity index is 602. The summed E-state index contributed by atoms with van der Waals surface area (Å²) in [6, 6.07) is 3.65. The molecular weight excluding hydrogens is 244 g/mol. The Morgan fingerprint density at radius 1 is 1.53 bits per heavy atom. The van der Waals surface area contributed by atoms with Gasteiger partial charge in [-0.1, -0.05) is 6.42 Å². The Balaban J connectivity index is 2.02. The van der Waals surface area contributed by atoms with Crippen molar-refractivity contribution in [3.05, 3.63) is 29.7 Å². The van der Waals surface area contributed by atoms with Gasteiger partial charge in [-0.2, -0.15) is 0 Å². The summed E-state index contributed by atoms with van der Waals surface area (Å²) in [5.41, 5.74) is 0.997. The average molecular weight is 260 g/mol. The predicted molar refractivity (Wildman–Crippen MR) is 68.9 cm³/mol. The summed E-state index contributed by atoms with van der Waals surface area (Å²) < 4.78 is 6.40. The topological polar surface area (TPSA) is 68.5 Å². The summed E-state index contributed by atoms with van der Waals surface area (Å²) in [7, 11) is 1.37. The summed E-state index contributed by atoms with van der Waals surface area (Å²) in [5.74, 6) is 0.359. The van der Waals surface area contributed by atoms with Crippen LogP contribution in [0.15, 0.2) is 18.3 Å². The van der Waals surface area contributed by atoms with Crippen LogP contribution in [0, 0.1) is 0 Å². The number of pyridine rings is 1. The number of carbonyl (C=O) groups is 1. The van der Waals surface area contributed by atoms with Gasteiger partial charge in [-0.15, -0.1) is 5.10 Å². The van der Waals surface area contributed by atoms with Crippen molar-refractivity contribution in [3.8, 4) is 0 Å². The second-order valence-corrected chi connectivity index (χ2v) is 4.65. The van der Waals surface area contributed by atoms with Crippen LogP contribution in [-0.4, -0.2) is 34.2 Å². The molecule has 0 amide bonds. The normalized spacial score (nSPS) is 19.5. The number of aromatic nitrogens is 3. The molecule has 1 saturated heterocycles. The molecule has 0 aromatic carbocycles. The largest absolute Gasteiger partial charge is 0.465 e. The van der Waals surface area contributed by atoms with Crippen molar-refractivity contribution in [2.45, 2.75) is 25.3 Å². The third-order valence-electron chi connectivity index (χ3n) is 3.41. The molecule has 1 aliphatic rings. The SMILES string of the molecule is COC(=O)c1cccn2nc(C3CCCCN3)nc12. The standard InChI is InChI=1S/C13H16N4O2/c1-19-13(18)9-5-4-8-17-12(9)15-11(16-17)10-6-2-3-7-14-10/h4-5,8,10,14H,2-3,6-7H2,1H3. The molecule has 0 radical (unpaired) electrons. The molecule has 19 heavy (non-hydrogen) atoms. The van der Waals surface area contributed by atoms with E-state index in [2.05, 4.69) is 15.4 Å². The number of ether oxygens (including phenoxy) is 1. The molecule has 0 saturated carbocycles. The van der Waals surface area contributed by atoms with Gasteiger partial charge in [0.05, 0.1) is 13.2 Å². The van der Waals surface area contributed by atoms with Crippen LogP contribution in [0.5, 0.6) is 0 Å². The second kappa shape index (κ2) is 4.97. The molecule has 2 aromatic rings. The maximum atomic E-state index is 11.7. The molecule has 3 heterocycles. The van der Waals surface area contributed by atoms with Crippen LogP contribution >= 0.6 is 0 Å². The molecule has 1 aliphatic heterocycles. The summed E-state index contributed by atoms with van der Waals surface area (Å²) in [5, 5.41) is 7.85. The Morgan fingerprint density at radius 2 is 2.42 bits per heavy atom. The fraction of sp³-hybridized carbons (Fsp3) is 0.462. The zero-order valence-electron chi connectivity index (χ0n) is 10.8. The van der Waals surface area contributed by atoms with E-state index in [0.717, 1.165) is 18.8 Å². The van der Waals surface area contributed by atoms with Gasteiger partial charge >= 0.3 is 5.97 Å². The fourth-order valence-corrected chi connectivity index (χ4v) is 2.41. The van der Waals surface area contributed by atoms with Gasteiger partial charge in [-0.3, -0.25) is 0 Å². The highest BCUT2D eigenvalue weighted by Crippen LogP contribution is 2.21. The van der Waals surface area contributed by atoms with Gasteiger partial charge in [-0.25, -0.2) is 14.3 Å². The van der Waals surface area contributed by atoms with Gasteiger partial charge in [0.15, 0.2) is 11.5 Å². The first-order valence-corrected chi connectivity index (χ1v) is 6.46. The van der Waals surface area contributed by atoms with Crippen LogP contribution in [0.4, 0.5) is 0 Å². The van der Waals surface area contributed by atoms with Crippen molar-refractivity contribution in [2.24, 2.45) is 0 Å². The van der Waals surface area contributed by atoms with Crippen LogP contribution in [0.2, 0.25) is 0 Å². The lowest BCUT2D eigenvalue weighted by atomic mass is 10.0. The number of carbonyl (C=O) groups excluding carboxylic acids is 1. The van der Waals surface area contributed by atoms with E-state index in [1.807, 2.05) is 0 Å². The lowest BCUT2D eigenvalue weighted by molar-refractivity contribution is 0.0602. The van der Waals surface area contributed by atoms with Crippen LogP contribution in [0.3, 0.4) is 0 Å². The summed E-state index contributed by atoms with van der Waals surface area (Å²) >= 11 is 0. The summed E-state index contributed by atoms with van der Waals surface area (Å²) in [4.78, 5) is 16.2. The molecule has 1 atom stereocenters. The van der Waals surface area contributed by atoms with E-state index in [9.17, 15) is 4.79 Å². The molecule has 2 aromatic heterocycles. The number of hydrogen-bond donors (Lipinski definition) is 1. The van der Waals surface area contributed by atoms with Crippen molar-refractivity contribution in [2.75, 3.05) is 13.7 Å². The van der Waals surface area contributed by atoms with Gasteiger partial charge in [0.2, 0.25) is 0 Å². The van der Waals surface area contributed by atoms with E-state index in [0.29, 0.717) is 11.2 Å². The first-order chi connectivity index (χ1) is 9.29. The number of esters is 1. The Morgan fingerprint density at radius 3 is 3.16 bits per heavy atom. The lowest BCUT2D eigenvalue weighted by Crippen LogP contribution is -2.27.